The van der Waals surface area contributed by atoms with Gasteiger partial charge in [0.05, 0.1) is 5.54 Å². The average molecular weight is 126 g/mol. The smallest absolute Gasteiger partial charge is 0.109 e. The fourth-order valence-electron chi connectivity index (χ4n) is 0.288. The molecule has 0 aromatic rings. The third-order valence-electron chi connectivity index (χ3n) is 1.35. The van der Waals surface area contributed by atoms with E-state index in [-0.39, 0.29) is 5.54 Å². The van der Waals surface area contributed by atoms with Crippen molar-refractivity contribution < 1.29 is 0 Å². The Balaban J connectivity index is 3.84. The first-order chi connectivity index (χ1) is 4.12. The van der Waals surface area contributed by atoms with Crippen LogP contribution in [0.2, 0.25) is 0 Å². The Morgan fingerprint density at radius 3 is 2.44 bits per heavy atom. The Hall–Kier alpha value is -0.660. The lowest BCUT2D eigenvalue weighted by Gasteiger charge is -2.14. The zero-order valence-corrected chi connectivity index (χ0v) is 6.39. The predicted molar refractivity (Wildman–Crippen MR) is 42.4 cm³/mol. The van der Waals surface area contributed by atoms with Crippen molar-refractivity contribution in [3.63, 3.8) is 0 Å². The van der Waals surface area contributed by atoms with E-state index in [4.69, 9.17) is 0 Å². The topological polar surface area (TPSA) is 24.7 Å². The first-order valence-electron chi connectivity index (χ1n) is 3.12. The fraction of sp³-hybridized carbons (Fsp3) is 0.714. The van der Waals surface area contributed by atoms with Gasteiger partial charge in [-0.15, -0.1) is 0 Å². The Kier molecular flexibility index (Phi) is 3.13. The van der Waals surface area contributed by atoms with Gasteiger partial charge in [0.25, 0.3) is 0 Å². The highest BCUT2D eigenvalue weighted by Crippen LogP contribution is 2.11. The van der Waals surface area contributed by atoms with Gasteiger partial charge in [-0.2, -0.15) is 0 Å². The molecule has 0 saturated carbocycles. The van der Waals surface area contributed by atoms with Crippen LogP contribution in [0, 0.1) is 0 Å². The van der Waals surface area contributed by atoms with E-state index < -0.39 is 0 Å². The van der Waals surface area contributed by atoms with Crippen molar-refractivity contribution in [1.82, 2.24) is 0 Å². The van der Waals surface area contributed by atoms with Crippen LogP contribution in [0.15, 0.2) is 9.98 Å². The van der Waals surface area contributed by atoms with Gasteiger partial charge in [-0.1, -0.05) is 6.92 Å². The summed E-state index contributed by atoms with van der Waals surface area (Å²) in [4.78, 5) is 7.67. The minimum absolute atomic E-state index is 0.0290. The predicted octanol–water partition coefficient (Wildman–Crippen LogP) is 1.90. The summed E-state index contributed by atoms with van der Waals surface area (Å²) < 4.78 is 0. The summed E-state index contributed by atoms with van der Waals surface area (Å²) in [5.74, 6) is 0. The van der Waals surface area contributed by atoms with E-state index in [1.165, 1.54) is 6.34 Å². The lowest BCUT2D eigenvalue weighted by molar-refractivity contribution is 0.507. The molecule has 0 aliphatic rings. The molecule has 0 aromatic heterocycles. The SMILES string of the molecule is C=NC=NC(C)(C)CC. The van der Waals surface area contributed by atoms with E-state index in [0.717, 1.165) is 6.42 Å². The lowest BCUT2D eigenvalue weighted by atomic mass is 10.0. The number of nitrogens with zero attached hydrogens (tertiary/aromatic N) is 2. The van der Waals surface area contributed by atoms with E-state index in [9.17, 15) is 0 Å². The molecule has 0 N–H and O–H groups in total. The molecule has 0 aromatic carbocycles. The summed E-state index contributed by atoms with van der Waals surface area (Å²) in [7, 11) is 0. The average Bonchev–Trinajstić information content (AvgIpc) is 1.84. The Morgan fingerprint density at radius 1 is 1.56 bits per heavy atom. The first kappa shape index (κ1) is 8.34. The molecule has 0 fully saturated rings. The maximum absolute atomic E-state index is 4.14. The van der Waals surface area contributed by atoms with Crippen molar-refractivity contribution in [3.05, 3.63) is 0 Å². The third-order valence-corrected chi connectivity index (χ3v) is 1.35. The van der Waals surface area contributed by atoms with Gasteiger partial charge >= 0.3 is 0 Å². The third kappa shape index (κ3) is 3.88. The number of hydrogen-bond donors (Lipinski definition) is 0. The Morgan fingerprint density at radius 2 is 2.11 bits per heavy atom. The second kappa shape index (κ2) is 3.38. The van der Waals surface area contributed by atoms with E-state index >= 15 is 0 Å². The van der Waals surface area contributed by atoms with Crippen LogP contribution in [-0.4, -0.2) is 18.6 Å². The summed E-state index contributed by atoms with van der Waals surface area (Å²) in [5.41, 5.74) is 0.0290. The van der Waals surface area contributed by atoms with Gasteiger partial charge in [0.15, 0.2) is 0 Å². The van der Waals surface area contributed by atoms with Crippen LogP contribution in [0.25, 0.3) is 0 Å². The fourth-order valence-corrected chi connectivity index (χ4v) is 0.288. The Bertz CT molecular complexity index is 114. The number of hydrogen-bond acceptors (Lipinski definition) is 1. The van der Waals surface area contributed by atoms with Gasteiger partial charge in [0, 0.05) is 0 Å². The molecule has 52 valence electrons. The van der Waals surface area contributed by atoms with Crippen LogP contribution in [0.3, 0.4) is 0 Å². The van der Waals surface area contributed by atoms with Crippen LogP contribution in [-0.2, 0) is 0 Å². The van der Waals surface area contributed by atoms with E-state index in [0.29, 0.717) is 0 Å². The molecular formula is C7H14N2. The van der Waals surface area contributed by atoms with Crippen LogP contribution in [0.4, 0.5) is 0 Å². The minimum atomic E-state index is 0.0290. The minimum Gasteiger partial charge on any atom is -0.268 e. The normalized spacial score (nSPS) is 12.3. The van der Waals surface area contributed by atoms with Gasteiger partial charge in [-0.3, -0.25) is 9.98 Å². The second-order valence-corrected chi connectivity index (χ2v) is 2.59. The molecule has 0 spiro atoms. The molecule has 0 bridgehead atoms. The van der Waals surface area contributed by atoms with Gasteiger partial charge < -0.3 is 0 Å². The molecule has 2 nitrogen and oxygen atoms in total. The van der Waals surface area contributed by atoms with Crippen LogP contribution in [0.5, 0.6) is 0 Å². The van der Waals surface area contributed by atoms with Crippen molar-refractivity contribution in [2.75, 3.05) is 0 Å². The van der Waals surface area contributed by atoms with Crippen molar-refractivity contribution in [3.8, 4) is 0 Å². The maximum atomic E-state index is 4.14. The molecular weight excluding hydrogens is 112 g/mol. The van der Waals surface area contributed by atoms with Crippen molar-refractivity contribution in [2.24, 2.45) is 9.98 Å². The quantitative estimate of drug-likeness (QED) is 0.407. The first-order valence-corrected chi connectivity index (χ1v) is 3.12. The highest BCUT2D eigenvalue weighted by molar-refractivity contribution is 5.62. The lowest BCUT2D eigenvalue weighted by Crippen LogP contribution is -2.14. The summed E-state index contributed by atoms with van der Waals surface area (Å²) >= 11 is 0. The van der Waals surface area contributed by atoms with Crippen LogP contribution < -0.4 is 0 Å². The second-order valence-electron chi connectivity index (χ2n) is 2.59. The molecule has 0 aliphatic carbocycles. The molecule has 0 unspecified atom stereocenters. The molecule has 2 heteroatoms. The number of rotatable bonds is 3. The highest BCUT2D eigenvalue weighted by Gasteiger charge is 2.09. The van der Waals surface area contributed by atoms with Crippen molar-refractivity contribution >= 4 is 13.1 Å². The van der Waals surface area contributed by atoms with Gasteiger partial charge in [0.2, 0.25) is 0 Å². The molecule has 0 rings (SSSR count). The largest absolute Gasteiger partial charge is 0.268 e. The Labute approximate surface area is 56.7 Å². The van der Waals surface area contributed by atoms with Gasteiger partial charge in [-0.05, 0) is 27.0 Å². The van der Waals surface area contributed by atoms with E-state index in [2.05, 4.69) is 37.5 Å². The summed E-state index contributed by atoms with van der Waals surface area (Å²) in [6, 6.07) is 0. The molecule has 0 saturated heterocycles. The molecule has 0 heterocycles. The van der Waals surface area contributed by atoms with Crippen LogP contribution in [0.1, 0.15) is 27.2 Å². The summed E-state index contributed by atoms with van der Waals surface area (Å²) in [6.07, 6.45) is 2.53. The highest BCUT2D eigenvalue weighted by atomic mass is 14.9. The van der Waals surface area contributed by atoms with Crippen molar-refractivity contribution in [2.45, 2.75) is 32.7 Å². The maximum Gasteiger partial charge on any atom is 0.109 e. The molecule has 0 aliphatic heterocycles. The van der Waals surface area contributed by atoms with Gasteiger partial charge in [0.1, 0.15) is 6.34 Å². The molecule has 0 amide bonds. The zero-order chi connectivity index (χ0) is 7.33. The standard InChI is InChI=1S/C7H14N2/c1-5-7(2,3)9-6-8-4/h6H,4-5H2,1-3H3. The van der Waals surface area contributed by atoms with E-state index in [1.807, 2.05) is 0 Å². The molecule has 0 radical (unpaired) electrons. The summed E-state index contributed by atoms with van der Waals surface area (Å²) in [6.45, 7) is 9.52. The van der Waals surface area contributed by atoms with Gasteiger partial charge in [-0.25, -0.2) is 0 Å². The van der Waals surface area contributed by atoms with Crippen LogP contribution >= 0.6 is 0 Å². The monoisotopic (exact) mass is 126 g/mol. The molecule has 0 atom stereocenters. The van der Waals surface area contributed by atoms with Crippen molar-refractivity contribution in [1.29, 1.82) is 0 Å². The zero-order valence-electron chi connectivity index (χ0n) is 6.39. The molecule has 9 heavy (non-hydrogen) atoms. The van der Waals surface area contributed by atoms with E-state index in [1.54, 1.807) is 0 Å². The number of aliphatic imine (C=N–C) groups is 2. The summed E-state index contributed by atoms with van der Waals surface area (Å²) in [5, 5.41) is 0.